The predicted octanol–water partition coefficient (Wildman–Crippen LogP) is 2.96. The molecule has 5 heteroatoms. The van der Waals surface area contributed by atoms with Crippen molar-refractivity contribution in [2.45, 2.75) is 13.3 Å². The van der Waals surface area contributed by atoms with Crippen LogP contribution in [0, 0.1) is 18.6 Å². The van der Waals surface area contributed by atoms with Crippen LogP contribution in [0.4, 0.5) is 8.78 Å². The van der Waals surface area contributed by atoms with E-state index in [4.69, 9.17) is 5.11 Å². The molecule has 0 bridgehead atoms. The number of carboxylic acid groups (broad SMARTS) is 1. The van der Waals surface area contributed by atoms with Crippen LogP contribution in [-0.2, 0) is 11.2 Å². The van der Waals surface area contributed by atoms with Crippen molar-refractivity contribution in [3.05, 3.63) is 53.2 Å². The van der Waals surface area contributed by atoms with Crippen LogP contribution in [0.3, 0.4) is 0 Å². The van der Waals surface area contributed by atoms with Gasteiger partial charge in [-0.05, 0) is 36.2 Å². The van der Waals surface area contributed by atoms with Gasteiger partial charge in [-0.15, -0.1) is 0 Å². The molecule has 19 heavy (non-hydrogen) atoms. The van der Waals surface area contributed by atoms with Crippen LogP contribution in [0.15, 0.2) is 30.5 Å². The van der Waals surface area contributed by atoms with E-state index < -0.39 is 17.6 Å². The Bertz CT molecular complexity index is 641. The monoisotopic (exact) mass is 263 g/mol. The van der Waals surface area contributed by atoms with Gasteiger partial charge in [0.25, 0.3) is 0 Å². The zero-order valence-corrected chi connectivity index (χ0v) is 10.2. The molecule has 0 aliphatic rings. The molecule has 0 radical (unpaired) electrons. The minimum Gasteiger partial charge on any atom is -0.481 e. The van der Waals surface area contributed by atoms with Crippen LogP contribution in [-0.4, -0.2) is 16.1 Å². The summed E-state index contributed by atoms with van der Waals surface area (Å²) in [6.45, 7) is 1.71. The molecule has 3 nitrogen and oxygen atoms in total. The fourth-order valence-corrected chi connectivity index (χ4v) is 1.88. The number of pyridine rings is 1. The third-order valence-electron chi connectivity index (χ3n) is 2.82. The highest BCUT2D eigenvalue weighted by Gasteiger charge is 2.17. The average Bonchev–Trinajstić information content (AvgIpc) is 2.35. The van der Waals surface area contributed by atoms with E-state index in [2.05, 4.69) is 4.98 Å². The topological polar surface area (TPSA) is 50.2 Å². The van der Waals surface area contributed by atoms with Crippen LogP contribution < -0.4 is 0 Å². The fraction of sp³-hybridized carbons (Fsp3) is 0.143. The largest absolute Gasteiger partial charge is 0.481 e. The molecular formula is C14H11F2NO2. The first-order chi connectivity index (χ1) is 9.00. The zero-order valence-electron chi connectivity index (χ0n) is 10.2. The molecule has 98 valence electrons. The van der Waals surface area contributed by atoms with E-state index in [1.807, 2.05) is 0 Å². The van der Waals surface area contributed by atoms with E-state index in [9.17, 15) is 13.6 Å². The summed E-state index contributed by atoms with van der Waals surface area (Å²) >= 11 is 0. The van der Waals surface area contributed by atoms with Gasteiger partial charge in [0.2, 0.25) is 0 Å². The van der Waals surface area contributed by atoms with E-state index in [0.717, 1.165) is 6.07 Å². The van der Waals surface area contributed by atoms with E-state index in [-0.39, 0.29) is 17.7 Å². The Hall–Kier alpha value is -2.30. The Labute approximate surface area is 108 Å². The maximum atomic E-state index is 13.8. The van der Waals surface area contributed by atoms with E-state index in [1.165, 1.54) is 18.3 Å². The predicted molar refractivity (Wildman–Crippen MR) is 65.7 cm³/mol. The molecule has 1 aromatic heterocycles. The number of hydrogen-bond donors (Lipinski definition) is 1. The Morgan fingerprint density at radius 3 is 2.74 bits per heavy atom. The Morgan fingerprint density at radius 1 is 1.32 bits per heavy atom. The third kappa shape index (κ3) is 2.59. The highest BCUT2D eigenvalue weighted by Crippen LogP contribution is 2.27. The summed E-state index contributed by atoms with van der Waals surface area (Å²) in [5.74, 6) is -3.05. The lowest BCUT2D eigenvalue weighted by atomic mass is 9.99. The van der Waals surface area contributed by atoms with Gasteiger partial charge in [0, 0.05) is 11.8 Å². The van der Waals surface area contributed by atoms with Gasteiger partial charge in [0.1, 0.15) is 0 Å². The first-order valence-electron chi connectivity index (χ1n) is 5.61. The SMILES string of the molecule is Cc1ccnc(-c2cccc(F)c2F)c1CC(=O)O. The quantitative estimate of drug-likeness (QED) is 0.926. The van der Waals surface area contributed by atoms with E-state index >= 15 is 0 Å². The van der Waals surface area contributed by atoms with Crippen molar-refractivity contribution >= 4 is 5.97 Å². The summed E-state index contributed by atoms with van der Waals surface area (Å²) in [6, 6.07) is 5.39. The van der Waals surface area contributed by atoms with Gasteiger partial charge in [-0.3, -0.25) is 9.78 Å². The van der Waals surface area contributed by atoms with Crippen molar-refractivity contribution in [2.75, 3.05) is 0 Å². The number of aromatic nitrogens is 1. The normalized spacial score (nSPS) is 10.5. The molecule has 1 N–H and O–H groups in total. The molecule has 0 aliphatic heterocycles. The molecular weight excluding hydrogens is 252 g/mol. The first-order valence-corrected chi connectivity index (χ1v) is 5.61. The number of aliphatic carboxylic acids is 1. The van der Waals surface area contributed by atoms with Crippen LogP contribution in [0.1, 0.15) is 11.1 Å². The van der Waals surface area contributed by atoms with Gasteiger partial charge >= 0.3 is 5.97 Å². The lowest BCUT2D eigenvalue weighted by Gasteiger charge is -2.11. The van der Waals surface area contributed by atoms with Gasteiger partial charge < -0.3 is 5.11 Å². The summed E-state index contributed by atoms with van der Waals surface area (Å²) in [5.41, 5.74) is 1.20. The lowest BCUT2D eigenvalue weighted by molar-refractivity contribution is -0.136. The Kier molecular flexibility index (Phi) is 3.55. The maximum absolute atomic E-state index is 13.8. The van der Waals surface area contributed by atoms with Crippen LogP contribution in [0.5, 0.6) is 0 Å². The van der Waals surface area contributed by atoms with Crippen LogP contribution in [0.25, 0.3) is 11.3 Å². The number of aryl methyl sites for hydroxylation is 1. The molecule has 0 spiro atoms. The van der Waals surface area contributed by atoms with Crippen LogP contribution >= 0.6 is 0 Å². The van der Waals surface area contributed by atoms with Crippen molar-refractivity contribution in [1.82, 2.24) is 4.98 Å². The highest BCUT2D eigenvalue weighted by molar-refractivity contribution is 5.76. The first kappa shape index (κ1) is 13.1. The molecule has 1 aromatic carbocycles. The van der Waals surface area contributed by atoms with Gasteiger partial charge in [-0.1, -0.05) is 6.07 Å². The second-order valence-corrected chi connectivity index (χ2v) is 4.13. The number of hydrogen-bond acceptors (Lipinski definition) is 2. The minimum absolute atomic E-state index is 0.0278. The number of carboxylic acids is 1. The summed E-state index contributed by atoms with van der Waals surface area (Å²) in [5, 5.41) is 8.89. The highest BCUT2D eigenvalue weighted by atomic mass is 19.2. The molecule has 2 rings (SSSR count). The number of benzene rings is 1. The number of carbonyl (C=O) groups is 1. The zero-order chi connectivity index (χ0) is 14.0. The molecule has 0 saturated carbocycles. The average molecular weight is 263 g/mol. The molecule has 0 saturated heterocycles. The standard InChI is InChI=1S/C14H11F2NO2/c1-8-5-6-17-14(10(8)7-12(18)19)9-3-2-4-11(15)13(9)16/h2-6H,7H2,1H3,(H,18,19). The molecule has 0 atom stereocenters. The molecule has 0 fully saturated rings. The number of nitrogens with zero attached hydrogens (tertiary/aromatic N) is 1. The van der Waals surface area contributed by atoms with Crippen molar-refractivity contribution in [2.24, 2.45) is 0 Å². The second kappa shape index (κ2) is 5.14. The van der Waals surface area contributed by atoms with Gasteiger partial charge in [-0.25, -0.2) is 8.78 Å². The Morgan fingerprint density at radius 2 is 2.05 bits per heavy atom. The molecule has 0 amide bonds. The van der Waals surface area contributed by atoms with Crippen molar-refractivity contribution in [3.8, 4) is 11.3 Å². The molecule has 1 heterocycles. The van der Waals surface area contributed by atoms with E-state index in [1.54, 1.807) is 13.0 Å². The lowest BCUT2D eigenvalue weighted by Crippen LogP contribution is -2.06. The van der Waals surface area contributed by atoms with Crippen molar-refractivity contribution in [1.29, 1.82) is 0 Å². The second-order valence-electron chi connectivity index (χ2n) is 4.13. The van der Waals surface area contributed by atoms with Gasteiger partial charge in [0.15, 0.2) is 11.6 Å². The van der Waals surface area contributed by atoms with Crippen molar-refractivity contribution < 1.29 is 18.7 Å². The summed E-state index contributed by atoms with van der Waals surface area (Å²) in [7, 11) is 0. The summed E-state index contributed by atoms with van der Waals surface area (Å²) in [4.78, 5) is 14.9. The van der Waals surface area contributed by atoms with Crippen molar-refractivity contribution in [3.63, 3.8) is 0 Å². The Balaban J connectivity index is 2.65. The fourth-order valence-electron chi connectivity index (χ4n) is 1.88. The smallest absolute Gasteiger partial charge is 0.307 e. The third-order valence-corrected chi connectivity index (χ3v) is 2.82. The van der Waals surface area contributed by atoms with Gasteiger partial charge in [-0.2, -0.15) is 0 Å². The minimum atomic E-state index is -1.05. The summed E-state index contributed by atoms with van der Waals surface area (Å²) < 4.78 is 27.0. The van der Waals surface area contributed by atoms with Crippen LogP contribution in [0.2, 0.25) is 0 Å². The molecule has 0 aliphatic carbocycles. The van der Waals surface area contributed by atoms with Gasteiger partial charge in [0.05, 0.1) is 12.1 Å². The summed E-state index contributed by atoms with van der Waals surface area (Å²) in [6.07, 6.45) is 1.16. The molecule has 2 aromatic rings. The molecule has 0 unspecified atom stereocenters. The number of halogens is 2. The number of rotatable bonds is 3. The van der Waals surface area contributed by atoms with E-state index in [0.29, 0.717) is 11.1 Å². The maximum Gasteiger partial charge on any atom is 0.307 e.